The average Bonchev–Trinajstić information content (AvgIpc) is 3.53. The van der Waals surface area contributed by atoms with Gasteiger partial charge in [0.05, 0.1) is 37.0 Å². The summed E-state index contributed by atoms with van der Waals surface area (Å²) in [5.74, 6) is 0.652. The van der Waals surface area contributed by atoms with Gasteiger partial charge in [0.2, 0.25) is 5.91 Å². The van der Waals surface area contributed by atoms with E-state index in [1.807, 2.05) is 47.9 Å². The average molecular weight is 522 g/mol. The number of benzene rings is 2. The Morgan fingerprint density at radius 3 is 2.58 bits per heavy atom. The first kappa shape index (κ1) is 25.7. The summed E-state index contributed by atoms with van der Waals surface area (Å²) in [6.45, 7) is 3.38. The number of fused-ring (bicyclic) bond motifs is 1. The van der Waals surface area contributed by atoms with Crippen LogP contribution in [0, 0.1) is 12.8 Å². The van der Waals surface area contributed by atoms with Gasteiger partial charge in [-0.25, -0.2) is 9.59 Å². The monoisotopic (exact) mass is 521 g/mol. The van der Waals surface area contributed by atoms with Crippen LogP contribution in [0.15, 0.2) is 41.2 Å². The molecule has 2 aromatic carbocycles. The van der Waals surface area contributed by atoms with Gasteiger partial charge in [0, 0.05) is 36.8 Å². The number of nitrogens with one attached hydrogen (secondary N) is 3. The largest absolute Gasteiger partial charge is 0.496 e. The highest BCUT2D eigenvalue weighted by molar-refractivity contribution is 5.93. The molecule has 2 aliphatic rings. The molecule has 1 saturated heterocycles. The van der Waals surface area contributed by atoms with Crippen molar-refractivity contribution in [2.45, 2.75) is 51.1 Å². The van der Waals surface area contributed by atoms with Crippen molar-refractivity contribution in [1.82, 2.24) is 14.9 Å². The molecule has 0 bridgehead atoms. The molecule has 1 aromatic heterocycles. The van der Waals surface area contributed by atoms with Crippen molar-refractivity contribution in [3.63, 3.8) is 0 Å². The molecule has 0 spiro atoms. The van der Waals surface area contributed by atoms with Gasteiger partial charge in [0.1, 0.15) is 5.75 Å². The maximum absolute atomic E-state index is 13.1. The second-order valence-corrected chi connectivity index (χ2v) is 10.2. The summed E-state index contributed by atoms with van der Waals surface area (Å²) in [4.78, 5) is 43.0. The van der Waals surface area contributed by atoms with E-state index in [-0.39, 0.29) is 29.6 Å². The lowest BCUT2D eigenvalue weighted by Gasteiger charge is -2.28. The summed E-state index contributed by atoms with van der Waals surface area (Å²) in [6.07, 6.45) is 3.30. The summed E-state index contributed by atoms with van der Waals surface area (Å²) in [5.41, 5.74) is 4.25. The van der Waals surface area contributed by atoms with E-state index >= 15 is 0 Å². The number of hydrogen-bond acceptors (Lipinski definition) is 6. The summed E-state index contributed by atoms with van der Waals surface area (Å²) < 4.78 is 12.0. The zero-order chi connectivity index (χ0) is 26.8. The van der Waals surface area contributed by atoms with Crippen molar-refractivity contribution in [2.24, 2.45) is 5.92 Å². The molecule has 3 N–H and O–H groups in total. The molecular weight excluding hydrogens is 486 g/mol. The lowest BCUT2D eigenvalue weighted by molar-refractivity contribution is -0.121. The van der Waals surface area contributed by atoms with Crippen molar-refractivity contribution < 1.29 is 19.1 Å². The molecule has 2 amide bonds. The van der Waals surface area contributed by atoms with Crippen LogP contribution in [0.5, 0.6) is 5.75 Å². The van der Waals surface area contributed by atoms with Gasteiger partial charge in [-0.05, 0) is 62.8 Å². The van der Waals surface area contributed by atoms with Gasteiger partial charge in [-0.15, -0.1) is 0 Å². The Bertz CT molecular complexity index is 1390. The minimum absolute atomic E-state index is 0.00562. The van der Waals surface area contributed by atoms with E-state index in [1.54, 1.807) is 7.11 Å². The molecule has 3 aromatic rings. The SMILES string of the molecule is COC(=O)NC1CCN(c2cccc3c2[nH]c(=O)n3C2CCC(C(=O)Nc3ccc(C)c(OC)c3)CC2)C1. The Morgan fingerprint density at radius 2 is 1.84 bits per heavy atom. The third-order valence-electron chi connectivity index (χ3n) is 7.88. The van der Waals surface area contributed by atoms with Crippen LogP contribution in [-0.4, -0.2) is 54.9 Å². The summed E-state index contributed by atoms with van der Waals surface area (Å²) in [6, 6.07) is 11.6. The van der Waals surface area contributed by atoms with Gasteiger partial charge in [-0.2, -0.15) is 0 Å². The van der Waals surface area contributed by atoms with Crippen LogP contribution in [0.4, 0.5) is 16.2 Å². The normalized spacial score (nSPS) is 21.3. The standard InChI is InChI=1S/C28H35N5O5/c1-17-7-10-19(15-24(17)37-2)29-26(34)18-8-11-21(12-9-18)33-23-6-4-5-22(25(23)31-27(33)35)32-14-13-20(16-32)30-28(36)38-3/h4-7,10,15,18,20-21H,8-9,11-14,16H2,1-3H3,(H,29,34)(H,30,36)(H,31,35). The number of carbonyl (C=O) groups excluding carboxylic acids is 2. The highest BCUT2D eigenvalue weighted by atomic mass is 16.5. The van der Waals surface area contributed by atoms with E-state index in [1.165, 1.54) is 7.11 Å². The third-order valence-corrected chi connectivity index (χ3v) is 7.88. The van der Waals surface area contributed by atoms with Crippen LogP contribution in [0.25, 0.3) is 11.0 Å². The van der Waals surface area contributed by atoms with Gasteiger partial charge in [0.25, 0.3) is 0 Å². The predicted molar refractivity (Wildman–Crippen MR) is 146 cm³/mol. The molecule has 1 unspecified atom stereocenters. The van der Waals surface area contributed by atoms with E-state index < -0.39 is 6.09 Å². The Hall–Kier alpha value is -3.95. The fraction of sp³-hybridized carbons (Fsp3) is 0.464. The number of para-hydroxylation sites is 1. The lowest BCUT2D eigenvalue weighted by atomic mass is 9.85. The van der Waals surface area contributed by atoms with E-state index in [9.17, 15) is 14.4 Å². The highest BCUT2D eigenvalue weighted by Crippen LogP contribution is 2.36. The minimum atomic E-state index is -0.433. The second-order valence-electron chi connectivity index (χ2n) is 10.2. The van der Waals surface area contributed by atoms with Crippen LogP contribution >= 0.6 is 0 Å². The maximum Gasteiger partial charge on any atom is 0.407 e. The van der Waals surface area contributed by atoms with Crippen LogP contribution in [-0.2, 0) is 9.53 Å². The summed E-state index contributed by atoms with van der Waals surface area (Å²) >= 11 is 0. The summed E-state index contributed by atoms with van der Waals surface area (Å²) in [5, 5.41) is 5.89. The number of carbonyl (C=O) groups is 2. The number of ether oxygens (including phenoxy) is 2. The second kappa shape index (κ2) is 10.8. The van der Waals surface area contributed by atoms with Gasteiger partial charge in [-0.1, -0.05) is 12.1 Å². The molecule has 10 heteroatoms. The molecule has 1 atom stereocenters. The number of aromatic nitrogens is 2. The summed E-state index contributed by atoms with van der Waals surface area (Å²) in [7, 11) is 2.98. The lowest BCUT2D eigenvalue weighted by Crippen LogP contribution is -2.37. The number of alkyl carbamates (subject to hydrolysis) is 1. The highest BCUT2D eigenvalue weighted by Gasteiger charge is 2.30. The van der Waals surface area contributed by atoms with E-state index in [0.717, 1.165) is 59.5 Å². The number of anilines is 2. The molecular formula is C28H35N5O5. The molecule has 38 heavy (non-hydrogen) atoms. The number of hydrogen-bond donors (Lipinski definition) is 3. The molecule has 0 radical (unpaired) electrons. The minimum Gasteiger partial charge on any atom is -0.496 e. The number of H-pyrrole nitrogens is 1. The smallest absolute Gasteiger partial charge is 0.407 e. The number of nitrogens with zero attached hydrogens (tertiary/aromatic N) is 2. The fourth-order valence-electron chi connectivity index (χ4n) is 5.82. The number of imidazole rings is 1. The van der Waals surface area contributed by atoms with Gasteiger partial charge < -0.3 is 30.0 Å². The van der Waals surface area contributed by atoms with E-state index in [4.69, 9.17) is 9.47 Å². The van der Waals surface area contributed by atoms with Crippen LogP contribution in [0.2, 0.25) is 0 Å². The Labute approximate surface area is 221 Å². The van der Waals surface area contributed by atoms with E-state index in [0.29, 0.717) is 19.4 Å². The van der Waals surface area contributed by atoms with Crippen molar-refractivity contribution in [3.8, 4) is 5.75 Å². The molecule has 2 fully saturated rings. The number of rotatable bonds is 6. The Kier molecular flexibility index (Phi) is 7.31. The Morgan fingerprint density at radius 1 is 1.05 bits per heavy atom. The number of amides is 2. The predicted octanol–water partition coefficient (Wildman–Crippen LogP) is 3.95. The number of methoxy groups -OCH3 is 2. The number of aromatic amines is 1. The van der Waals surface area contributed by atoms with E-state index in [2.05, 4.69) is 20.5 Å². The van der Waals surface area contributed by atoms with Crippen LogP contribution in [0.1, 0.15) is 43.7 Å². The maximum atomic E-state index is 13.1. The first-order valence-corrected chi connectivity index (χ1v) is 13.2. The van der Waals surface area contributed by atoms with Crippen LogP contribution in [0.3, 0.4) is 0 Å². The van der Waals surface area contributed by atoms with Crippen LogP contribution < -0.4 is 26.0 Å². The van der Waals surface area contributed by atoms with Crippen molar-refractivity contribution in [3.05, 3.63) is 52.4 Å². The number of aryl methyl sites for hydroxylation is 1. The van der Waals surface area contributed by atoms with Gasteiger partial charge in [0.15, 0.2) is 0 Å². The molecule has 10 nitrogen and oxygen atoms in total. The Balaban J connectivity index is 1.27. The molecule has 1 aliphatic heterocycles. The zero-order valence-corrected chi connectivity index (χ0v) is 22.1. The van der Waals surface area contributed by atoms with Crippen molar-refractivity contribution in [1.29, 1.82) is 0 Å². The zero-order valence-electron chi connectivity index (χ0n) is 22.1. The van der Waals surface area contributed by atoms with Crippen molar-refractivity contribution >= 4 is 34.4 Å². The topological polar surface area (TPSA) is 118 Å². The van der Waals surface area contributed by atoms with Gasteiger partial charge >= 0.3 is 11.8 Å². The quantitative estimate of drug-likeness (QED) is 0.452. The van der Waals surface area contributed by atoms with Gasteiger partial charge in [-0.3, -0.25) is 9.36 Å². The molecule has 1 saturated carbocycles. The molecule has 202 valence electrons. The first-order valence-electron chi connectivity index (χ1n) is 13.2. The first-order chi connectivity index (χ1) is 18.4. The fourth-order valence-corrected chi connectivity index (χ4v) is 5.82. The molecule has 2 heterocycles. The molecule has 1 aliphatic carbocycles. The molecule has 5 rings (SSSR count). The third kappa shape index (κ3) is 5.07. The van der Waals surface area contributed by atoms with Crippen molar-refractivity contribution in [2.75, 3.05) is 37.5 Å².